The zero-order valence-corrected chi connectivity index (χ0v) is 20.8. The SMILES string of the molecule is C/C=C(/c1cccc(F)c1)c1ccc(C(=O)N2CCC(c3nc4ccccc4n3C(F)F)CC2)cc1C. The molecule has 1 saturated heterocycles. The van der Waals surface area contributed by atoms with Gasteiger partial charge in [0.2, 0.25) is 0 Å². The molecule has 1 amide bonds. The van der Waals surface area contributed by atoms with E-state index in [1.807, 2.05) is 38.1 Å². The van der Waals surface area contributed by atoms with Crippen LogP contribution in [0.2, 0.25) is 0 Å². The molecule has 1 aromatic heterocycles. The molecule has 4 aromatic rings. The Morgan fingerprint density at radius 2 is 1.76 bits per heavy atom. The molecule has 37 heavy (non-hydrogen) atoms. The van der Waals surface area contributed by atoms with Crippen LogP contribution in [0.5, 0.6) is 0 Å². The first-order valence-electron chi connectivity index (χ1n) is 12.4. The zero-order chi connectivity index (χ0) is 26.1. The van der Waals surface area contributed by atoms with Crippen LogP contribution < -0.4 is 0 Å². The van der Waals surface area contributed by atoms with E-state index in [0.717, 1.165) is 26.8 Å². The lowest BCUT2D eigenvalue weighted by atomic mass is 9.92. The number of benzene rings is 3. The molecule has 0 N–H and O–H groups in total. The topological polar surface area (TPSA) is 38.1 Å². The van der Waals surface area contributed by atoms with Gasteiger partial charge in [0.15, 0.2) is 0 Å². The minimum absolute atomic E-state index is 0.0803. The van der Waals surface area contributed by atoms with E-state index in [-0.39, 0.29) is 17.6 Å². The van der Waals surface area contributed by atoms with E-state index >= 15 is 0 Å². The van der Waals surface area contributed by atoms with Crippen LogP contribution in [0.25, 0.3) is 16.6 Å². The van der Waals surface area contributed by atoms with Gasteiger partial charge in [0.1, 0.15) is 11.6 Å². The number of imidazole rings is 1. The summed E-state index contributed by atoms with van der Waals surface area (Å²) in [6.45, 7) is 2.12. The fourth-order valence-electron chi connectivity index (χ4n) is 5.31. The highest BCUT2D eigenvalue weighted by Gasteiger charge is 2.30. The first-order valence-corrected chi connectivity index (χ1v) is 12.4. The van der Waals surface area contributed by atoms with E-state index in [4.69, 9.17) is 0 Å². The molecule has 5 rings (SSSR count). The van der Waals surface area contributed by atoms with Gasteiger partial charge in [-0.1, -0.05) is 36.4 Å². The lowest BCUT2D eigenvalue weighted by molar-refractivity contribution is 0.0634. The second-order valence-electron chi connectivity index (χ2n) is 9.42. The molecule has 0 aliphatic carbocycles. The summed E-state index contributed by atoms with van der Waals surface area (Å²) < 4.78 is 42.6. The molecule has 0 bridgehead atoms. The predicted octanol–water partition coefficient (Wildman–Crippen LogP) is 7.35. The fraction of sp³-hybridized carbons (Fsp3) is 0.267. The Kier molecular flexibility index (Phi) is 6.87. The van der Waals surface area contributed by atoms with Gasteiger partial charge in [-0.15, -0.1) is 0 Å². The number of aryl methyl sites for hydroxylation is 1. The number of likely N-dealkylation sites (tertiary alicyclic amines) is 1. The minimum Gasteiger partial charge on any atom is -0.339 e. The number of hydrogen-bond acceptors (Lipinski definition) is 2. The highest BCUT2D eigenvalue weighted by atomic mass is 19.3. The van der Waals surface area contributed by atoms with Gasteiger partial charge in [-0.3, -0.25) is 9.36 Å². The Bertz CT molecular complexity index is 1480. The monoisotopic (exact) mass is 503 g/mol. The lowest BCUT2D eigenvalue weighted by Gasteiger charge is -2.32. The van der Waals surface area contributed by atoms with E-state index < -0.39 is 6.55 Å². The van der Waals surface area contributed by atoms with Crippen molar-refractivity contribution in [2.45, 2.75) is 39.2 Å². The smallest absolute Gasteiger partial charge is 0.320 e. The third-order valence-electron chi connectivity index (χ3n) is 7.15. The first kappa shape index (κ1) is 24.8. The third-order valence-corrected chi connectivity index (χ3v) is 7.15. The molecular weight excluding hydrogens is 475 g/mol. The van der Waals surface area contributed by atoms with Crippen molar-refractivity contribution in [2.24, 2.45) is 0 Å². The number of halogens is 3. The molecular formula is C30H28F3N3O. The van der Waals surface area contributed by atoms with Crippen molar-refractivity contribution in [3.63, 3.8) is 0 Å². The third kappa shape index (κ3) is 4.78. The van der Waals surface area contributed by atoms with Gasteiger partial charge in [-0.05, 0) is 85.4 Å². The van der Waals surface area contributed by atoms with Crippen molar-refractivity contribution >= 4 is 22.5 Å². The number of alkyl halides is 2. The summed E-state index contributed by atoms with van der Waals surface area (Å²) in [7, 11) is 0. The summed E-state index contributed by atoms with van der Waals surface area (Å²) in [5, 5.41) is 0. The number of amides is 1. The fourth-order valence-corrected chi connectivity index (χ4v) is 5.31. The van der Waals surface area contributed by atoms with Crippen LogP contribution >= 0.6 is 0 Å². The van der Waals surface area contributed by atoms with Crippen LogP contribution in [0.1, 0.15) is 65.1 Å². The Labute approximate surface area is 214 Å². The van der Waals surface area contributed by atoms with E-state index in [0.29, 0.717) is 48.4 Å². The quantitative estimate of drug-likeness (QED) is 0.286. The van der Waals surface area contributed by atoms with Crippen LogP contribution in [0.4, 0.5) is 13.2 Å². The Morgan fingerprint density at radius 3 is 2.43 bits per heavy atom. The molecule has 1 aliphatic heterocycles. The van der Waals surface area contributed by atoms with Crippen molar-refractivity contribution in [1.29, 1.82) is 0 Å². The molecule has 0 atom stereocenters. The number of piperidine rings is 1. The predicted molar refractivity (Wildman–Crippen MR) is 139 cm³/mol. The largest absolute Gasteiger partial charge is 0.339 e. The number of fused-ring (bicyclic) bond motifs is 1. The number of nitrogens with zero attached hydrogens (tertiary/aromatic N) is 3. The molecule has 190 valence electrons. The number of aromatic nitrogens is 2. The summed E-state index contributed by atoms with van der Waals surface area (Å²) in [5.74, 6) is -0.130. The number of hydrogen-bond donors (Lipinski definition) is 0. The maximum atomic E-state index is 13.9. The average Bonchev–Trinajstić information content (AvgIpc) is 3.30. The van der Waals surface area contributed by atoms with Crippen LogP contribution in [0.15, 0.2) is 72.8 Å². The molecule has 0 unspecified atom stereocenters. The normalized spacial score (nSPS) is 15.1. The molecule has 2 heterocycles. The summed E-state index contributed by atoms with van der Waals surface area (Å²) in [6.07, 6.45) is 3.08. The van der Waals surface area contributed by atoms with Crippen LogP contribution in [-0.4, -0.2) is 33.4 Å². The zero-order valence-electron chi connectivity index (χ0n) is 20.8. The maximum Gasteiger partial charge on any atom is 0.320 e. The van der Waals surface area contributed by atoms with Gasteiger partial charge in [0.05, 0.1) is 11.0 Å². The summed E-state index contributed by atoms with van der Waals surface area (Å²) in [6, 6.07) is 19.0. The molecule has 1 aliphatic rings. The van der Waals surface area contributed by atoms with Gasteiger partial charge in [0.25, 0.3) is 5.91 Å². The van der Waals surface area contributed by atoms with Crippen molar-refractivity contribution in [3.05, 3.63) is 107 Å². The molecule has 0 radical (unpaired) electrons. The first-order chi connectivity index (χ1) is 17.9. The van der Waals surface area contributed by atoms with Gasteiger partial charge in [-0.25, -0.2) is 9.37 Å². The van der Waals surface area contributed by atoms with Crippen molar-refractivity contribution in [1.82, 2.24) is 14.5 Å². The molecule has 0 spiro atoms. The lowest BCUT2D eigenvalue weighted by Crippen LogP contribution is -2.38. The molecule has 4 nitrogen and oxygen atoms in total. The van der Waals surface area contributed by atoms with E-state index in [9.17, 15) is 18.0 Å². The molecule has 7 heteroatoms. The second-order valence-corrected chi connectivity index (χ2v) is 9.42. The van der Waals surface area contributed by atoms with Crippen LogP contribution in [0, 0.1) is 12.7 Å². The van der Waals surface area contributed by atoms with Gasteiger partial charge < -0.3 is 4.90 Å². The Morgan fingerprint density at radius 1 is 1.00 bits per heavy atom. The van der Waals surface area contributed by atoms with Crippen molar-refractivity contribution in [2.75, 3.05) is 13.1 Å². The molecule has 3 aromatic carbocycles. The standard InChI is InChI=1S/C30H28F3N3O/c1-3-24(21-7-6-8-23(31)18-21)25-12-11-22(17-19(25)2)29(37)35-15-13-20(14-16-35)28-34-26-9-4-5-10-27(26)36(28)30(32)33/h3-12,17-18,20,30H,13-16H2,1-2H3/b24-3-. The average molecular weight is 504 g/mol. The van der Waals surface area contributed by atoms with Gasteiger partial charge in [-0.2, -0.15) is 8.78 Å². The summed E-state index contributed by atoms with van der Waals surface area (Å²) >= 11 is 0. The Hall–Kier alpha value is -3.87. The Balaban J connectivity index is 1.32. The van der Waals surface area contributed by atoms with Gasteiger partial charge >= 0.3 is 6.55 Å². The highest BCUT2D eigenvalue weighted by molar-refractivity contribution is 5.95. The van der Waals surface area contributed by atoms with Crippen molar-refractivity contribution < 1.29 is 18.0 Å². The van der Waals surface area contributed by atoms with Crippen LogP contribution in [-0.2, 0) is 0 Å². The second kappa shape index (κ2) is 10.2. The van der Waals surface area contributed by atoms with E-state index in [1.54, 1.807) is 41.3 Å². The number of rotatable bonds is 5. The number of allylic oxidation sites excluding steroid dienone is 1. The summed E-state index contributed by atoms with van der Waals surface area (Å²) in [5.41, 5.74) is 5.11. The minimum atomic E-state index is -2.67. The van der Waals surface area contributed by atoms with Crippen LogP contribution in [0.3, 0.4) is 0 Å². The number of para-hydroxylation sites is 2. The number of carbonyl (C=O) groups excluding carboxylic acids is 1. The van der Waals surface area contributed by atoms with E-state index in [2.05, 4.69) is 4.98 Å². The van der Waals surface area contributed by atoms with E-state index in [1.165, 1.54) is 12.1 Å². The highest BCUT2D eigenvalue weighted by Crippen LogP contribution is 2.34. The number of carbonyl (C=O) groups is 1. The maximum absolute atomic E-state index is 13.9. The summed E-state index contributed by atoms with van der Waals surface area (Å²) in [4.78, 5) is 19.6. The molecule has 1 fully saturated rings. The van der Waals surface area contributed by atoms with Crippen molar-refractivity contribution in [3.8, 4) is 0 Å². The van der Waals surface area contributed by atoms with Gasteiger partial charge in [0, 0.05) is 24.6 Å². The molecule has 0 saturated carbocycles.